The van der Waals surface area contributed by atoms with Crippen LogP contribution in [0.1, 0.15) is 29.9 Å². The van der Waals surface area contributed by atoms with Crippen molar-refractivity contribution in [1.82, 2.24) is 9.78 Å². The number of amides is 1. The van der Waals surface area contributed by atoms with E-state index in [1.165, 1.54) is 6.08 Å². The first-order chi connectivity index (χ1) is 10.1. The fourth-order valence-corrected chi connectivity index (χ4v) is 1.87. The highest BCUT2D eigenvalue weighted by molar-refractivity contribution is 5.94. The number of aromatic nitrogens is 2. The van der Waals surface area contributed by atoms with Crippen LogP contribution in [0.4, 0.5) is 13.2 Å². The quantitative estimate of drug-likeness (QED) is 0.670. The number of nitrogens with zero attached hydrogens (tertiary/aromatic N) is 3. The molecule has 1 heterocycles. The van der Waals surface area contributed by atoms with Crippen LogP contribution >= 0.6 is 0 Å². The number of primary amides is 1. The van der Waals surface area contributed by atoms with E-state index in [9.17, 15) is 18.0 Å². The van der Waals surface area contributed by atoms with Crippen molar-refractivity contribution in [3.8, 4) is 0 Å². The Morgan fingerprint density at radius 3 is 2.41 bits per heavy atom. The molecule has 0 aliphatic heterocycles. The molecule has 8 heteroatoms. The van der Waals surface area contributed by atoms with Crippen molar-refractivity contribution in [3.63, 3.8) is 0 Å². The normalized spacial score (nSPS) is 12.0. The first kappa shape index (κ1) is 17.4. The molecular weight excluding hydrogens is 297 g/mol. The molecule has 5 nitrogen and oxygen atoms in total. The van der Waals surface area contributed by atoms with Crippen molar-refractivity contribution < 1.29 is 18.0 Å². The number of halogens is 3. The summed E-state index contributed by atoms with van der Waals surface area (Å²) in [4.78, 5) is 14.7. The highest BCUT2D eigenvalue weighted by atomic mass is 19.4. The second-order valence-corrected chi connectivity index (χ2v) is 4.50. The van der Waals surface area contributed by atoms with Crippen molar-refractivity contribution in [3.05, 3.63) is 47.5 Å². The van der Waals surface area contributed by atoms with Gasteiger partial charge in [-0.1, -0.05) is 18.2 Å². The second kappa shape index (κ2) is 6.42. The Bertz CT molecular complexity index is 677. The van der Waals surface area contributed by atoms with Crippen LogP contribution in [0.2, 0.25) is 0 Å². The third-order valence-electron chi connectivity index (χ3n) is 2.76. The summed E-state index contributed by atoms with van der Waals surface area (Å²) in [6.45, 7) is 10.2. The van der Waals surface area contributed by atoms with Crippen LogP contribution in [0, 0.1) is 0 Å². The predicted molar refractivity (Wildman–Crippen MR) is 78.1 cm³/mol. The van der Waals surface area contributed by atoms with Crippen molar-refractivity contribution in [1.29, 1.82) is 0 Å². The standard InChI is InChI=1S/C14H15F3N4O/c1-5-9(8(2)3)11(7-19-4)21-12(14(15,16)17)10(6-20-21)13(18)22/h5-7H,1,4H2,2-3H3,(H2,18,22)/b11-7+. The molecule has 0 radical (unpaired) electrons. The van der Waals surface area contributed by atoms with Gasteiger partial charge < -0.3 is 5.73 Å². The van der Waals surface area contributed by atoms with Gasteiger partial charge in [0.05, 0.1) is 23.7 Å². The maximum absolute atomic E-state index is 13.3. The average molecular weight is 312 g/mol. The first-order valence-electron chi connectivity index (χ1n) is 6.06. The third kappa shape index (κ3) is 3.33. The molecule has 0 aliphatic carbocycles. The van der Waals surface area contributed by atoms with Crippen LogP contribution in [0.15, 0.2) is 41.2 Å². The summed E-state index contributed by atoms with van der Waals surface area (Å²) in [5.41, 5.74) is 4.06. The molecule has 0 unspecified atom stereocenters. The Labute approximate surface area is 125 Å². The topological polar surface area (TPSA) is 73.3 Å². The zero-order chi connectivity index (χ0) is 17.1. The van der Waals surface area contributed by atoms with Crippen LogP contribution in [0.5, 0.6) is 0 Å². The molecule has 1 rings (SSSR count). The van der Waals surface area contributed by atoms with Crippen LogP contribution in [-0.2, 0) is 6.18 Å². The zero-order valence-electron chi connectivity index (χ0n) is 12.1. The highest BCUT2D eigenvalue weighted by Crippen LogP contribution is 2.35. The minimum atomic E-state index is -4.82. The molecule has 22 heavy (non-hydrogen) atoms. The molecule has 0 bridgehead atoms. The minimum Gasteiger partial charge on any atom is -0.365 e. The number of allylic oxidation sites excluding steroid dienone is 4. The Morgan fingerprint density at radius 1 is 1.45 bits per heavy atom. The lowest BCUT2D eigenvalue weighted by atomic mass is 10.1. The first-order valence-corrected chi connectivity index (χ1v) is 6.06. The fraction of sp³-hybridized carbons (Fsp3) is 0.214. The van der Waals surface area contributed by atoms with Gasteiger partial charge in [0.15, 0.2) is 5.69 Å². The molecule has 118 valence electrons. The largest absolute Gasteiger partial charge is 0.434 e. The molecule has 0 saturated carbocycles. The summed E-state index contributed by atoms with van der Waals surface area (Å²) in [6.07, 6.45) is -1.57. The van der Waals surface area contributed by atoms with Crippen LogP contribution < -0.4 is 5.73 Å². The Morgan fingerprint density at radius 2 is 2.05 bits per heavy atom. The molecule has 1 amide bonds. The molecule has 2 N–H and O–H groups in total. The second-order valence-electron chi connectivity index (χ2n) is 4.50. The number of hydrogen-bond donors (Lipinski definition) is 1. The van der Waals surface area contributed by atoms with E-state index in [1.807, 2.05) is 0 Å². The Balaban J connectivity index is 3.77. The van der Waals surface area contributed by atoms with E-state index in [-0.39, 0.29) is 5.70 Å². The number of rotatable bonds is 5. The van der Waals surface area contributed by atoms with E-state index in [0.717, 1.165) is 12.4 Å². The molecule has 1 aromatic heterocycles. The van der Waals surface area contributed by atoms with Crippen LogP contribution in [0.3, 0.4) is 0 Å². The highest BCUT2D eigenvalue weighted by Gasteiger charge is 2.40. The molecule has 0 saturated heterocycles. The minimum absolute atomic E-state index is 0.00942. The number of carbonyl (C=O) groups excluding carboxylic acids is 1. The molecule has 1 aromatic rings. The predicted octanol–water partition coefficient (Wildman–Crippen LogP) is 3.02. The number of carbonyl (C=O) groups is 1. The van der Waals surface area contributed by atoms with Crippen LogP contribution in [0.25, 0.3) is 5.70 Å². The Hall–Kier alpha value is -2.64. The average Bonchev–Trinajstić information content (AvgIpc) is 2.82. The van der Waals surface area contributed by atoms with E-state index in [0.29, 0.717) is 15.8 Å². The maximum Gasteiger partial charge on any atom is 0.434 e. The fourth-order valence-electron chi connectivity index (χ4n) is 1.87. The summed E-state index contributed by atoms with van der Waals surface area (Å²) in [5, 5.41) is 3.63. The van der Waals surface area contributed by atoms with Gasteiger partial charge in [0, 0.05) is 0 Å². The summed E-state index contributed by atoms with van der Waals surface area (Å²) in [7, 11) is 0. The van der Waals surface area contributed by atoms with Crippen molar-refractivity contribution in [2.45, 2.75) is 20.0 Å². The molecular formula is C14H15F3N4O. The third-order valence-corrected chi connectivity index (χ3v) is 2.76. The Kier molecular flexibility index (Phi) is 5.08. The van der Waals surface area contributed by atoms with Gasteiger partial charge in [-0.25, -0.2) is 4.68 Å². The van der Waals surface area contributed by atoms with Gasteiger partial charge in [-0.15, -0.1) is 0 Å². The lowest BCUT2D eigenvalue weighted by Gasteiger charge is -2.16. The molecule has 0 aliphatic rings. The molecule has 0 spiro atoms. The van der Waals surface area contributed by atoms with Gasteiger partial charge in [0.25, 0.3) is 5.91 Å². The lowest BCUT2D eigenvalue weighted by molar-refractivity contribution is -0.143. The van der Waals surface area contributed by atoms with E-state index < -0.39 is 23.3 Å². The van der Waals surface area contributed by atoms with Gasteiger partial charge in [-0.2, -0.15) is 18.3 Å². The molecule has 0 aromatic carbocycles. The van der Waals surface area contributed by atoms with Gasteiger partial charge in [-0.05, 0) is 26.1 Å². The number of aliphatic imine (C=N–C) groups is 1. The van der Waals surface area contributed by atoms with Gasteiger partial charge in [0.2, 0.25) is 0 Å². The SMILES string of the molecule is C=CC(=C(C)C)/C(=C\N=C)n1ncc(C(N)=O)c1C(F)(F)F. The van der Waals surface area contributed by atoms with Crippen molar-refractivity contribution >= 4 is 18.3 Å². The van der Waals surface area contributed by atoms with Crippen molar-refractivity contribution in [2.24, 2.45) is 10.7 Å². The summed E-state index contributed by atoms with van der Waals surface area (Å²) >= 11 is 0. The van der Waals surface area contributed by atoms with Gasteiger partial charge in [-0.3, -0.25) is 9.79 Å². The zero-order valence-corrected chi connectivity index (χ0v) is 12.1. The number of hydrogen-bond acceptors (Lipinski definition) is 3. The van der Waals surface area contributed by atoms with Gasteiger partial charge >= 0.3 is 6.18 Å². The summed E-state index contributed by atoms with van der Waals surface area (Å²) in [5.74, 6) is -1.22. The smallest absolute Gasteiger partial charge is 0.365 e. The van der Waals surface area contributed by atoms with E-state index in [1.54, 1.807) is 13.8 Å². The summed E-state index contributed by atoms with van der Waals surface area (Å²) in [6, 6.07) is 0. The van der Waals surface area contributed by atoms with Crippen molar-refractivity contribution in [2.75, 3.05) is 0 Å². The summed E-state index contributed by atoms with van der Waals surface area (Å²) < 4.78 is 40.4. The maximum atomic E-state index is 13.3. The molecule has 0 fully saturated rings. The lowest BCUT2D eigenvalue weighted by Crippen LogP contribution is -2.21. The van der Waals surface area contributed by atoms with Crippen LogP contribution in [-0.4, -0.2) is 22.4 Å². The van der Waals surface area contributed by atoms with E-state index >= 15 is 0 Å². The molecule has 0 atom stereocenters. The number of nitrogens with two attached hydrogens (primary N) is 1. The van der Waals surface area contributed by atoms with Gasteiger partial charge in [0.1, 0.15) is 0 Å². The van der Waals surface area contributed by atoms with E-state index in [4.69, 9.17) is 5.73 Å². The van der Waals surface area contributed by atoms with E-state index in [2.05, 4.69) is 23.4 Å². The monoisotopic (exact) mass is 312 g/mol. The number of alkyl halides is 3.